The Morgan fingerprint density at radius 2 is 1.56 bits per heavy atom. The van der Waals surface area contributed by atoms with Gasteiger partial charge in [-0.2, -0.15) is 0 Å². The Kier molecular flexibility index (Phi) is 5.64. The molecule has 0 spiro atoms. The van der Waals surface area contributed by atoms with E-state index in [0.29, 0.717) is 6.04 Å². The van der Waals surface area contributed by atoms with Gasteiger partial charge in [0.1, 0.15) is 0 Å². The number of carbonyl (C=O) groups excluding carboxylic acids is 1. The lowest BCUT2D eigenvalue weighted by molar-refractivity contribution is 0.146. The van der Waals surface area contributed by atoms with E-state index in [-0.39, 0.29) is 6.03 Å². The van der Waals surface area contributed by atoms with Gasteiger partial charge in [-0.15, -0.1) is 0 Å². The molecule has 1 aliphatic carbocycles. The zero-order valence-electron chi connectivity index (χ0n) is 11.0. The first-order valence-corrected chi connectivity index (χ1v) is 6.72. The first-order chi connectivity index (χ1) is 7.70. The number of urea groups is 1. The van der Waals surface area contributed by atoms with E-state index >= 15 is 0 Å². The molecular weight excluding hydrogens is 200 g/mol. The van der Waals surface area contributed by atoms with Crippen molar-refractivity contribution in [3.63, 3.8) is 0 Å². The van der Waals surface area contributed by atoms with Crippen molar-refractivity contribution in [1.29, 1.82) is 0 Å². The minimum absolute atomic E-state index is 0.205. The summed E-state index contributed by atoms with van der Waals surface area (Å²) in [4.78, 5) is 16.0. The summed E-state index contributed by atoms with van der Waals surface area (Å²) >= 11 is 0. The van der Waals surface area contributed by atoms with Crippen LogP contribution < -0.4 is 0 Å². The van der Waals surface area contributed by atoms with E-state index in [4.69, 9.17) is 0 Å². The highest BCUT2D eigenvalue weighted by molar-refractivity contribution is 5.74. The molecule has 2 amide bonds. The molecule has 0 aromatic rings. The summed E-state index contributed by atoms with van der Waals surface area (Å²) in [5, 5.41) is 0. The Balaban J connectivity index is 2.53. The third kappa shape index (κ3) is 3.39. The Labute approximate surface area is 99.8 Å². The van der Waals surface area contributed by atoms with Gasteiger partial charge in [0, 0.05) is 26.2 Å². The third-order valence-electron chi connectivity index (χ3n) is 3.71. The van der Waals surface area contributed by atoms with Crippen LogP contribution in [0.5, 0.6) is 0 Å². The molecule has 0 bridgehead atoms. The maximum atomic E-state index is 12.2. The molecule has 0 atom stereocenters. The standard InChI is InChI=1S/C13H26N2O/c1-4-15(5-2)13(16)14(3)12-10-8-6-7-9-11-12/h12H,4-11H2,1-3H3. The molecule has 1 fully saturated rings. The molecule has 0 heterocycles. The lowest BCUT2D eigenvalue weighted by Crippen LogP contribution is -2.45. The summed E-state index contributed by atoms with van der Waals surface area (Å²) in [7, 11) is 1.97. The van der Waals surface area contributed by atoms with E-state index in [1.165, 1.54) is 38.5 Å². The Hall–Kier alpha value is -0.730. The number of carbonyl (C=O) groups is 1. The highest BCUT2D eigenvalue weighted by Gasteiger charge is 2.23. The quantitative estimate of drug-likeness (QED) is 0.678. The Morgan fingerprint density at radius 1 is 1.06 bits per heavy atom. The van der Waals surface area contributed by atoms with Gasteiger partial charge < -0.3 is 9.80 Å². The molecule has 16 heavy (non-hydrogen) atoms. The average Bonchev–Trinajstić information content (AvgIpc) is 2.58. The molecule has 0 aliphatic heterocycles. The number of hydrogen-bond acceptors (Lipinski definition) is 1. The van der Waals surface area contributed by atoms with Crippen molar-refractivity contribution < 1.29 is 4.79 Å². The van der Waals surface area contributed by atoms with Crippen molar-refractivity contribution in [3.8, 4) is 0 Å². The molecule has 0 saturated heterocycles. The van der Waals surface area contributed by atoms with Crippen LogP contribution in [0, 0.1) is 0 Å². The van der Waals surface area contributed by atoms with Gasteiger partial charge in [0.25, 0.3) is 0 Å². The summed E-state index contributed by atoms with van der Waals surface area (Å²) in [6, 6.07) is 0.674. The molecule has 1 aliphatic rings. The summed E-state index contributed by atoms with van der Waals surface area (Å²) in [5.41, 5.74) is 0. The predicted octanol–water partition coefficient (Wildman–Crippen LogP) is 3.10. The molecule has 1 saturated carbocycles. The Bertz CT molecular complexity index is 206. The van der Waals surface area contributed by atoms with Crippen molar-refractivity contribution >= 4 is 6.03 Å². The fraction of sp³-hybridized carbons (Fsp3) is 0.923. The molecular formula is C13H26N2O. The first kappa shape index (κ1) is 13.3. The van der Waals surface area contributed by atoms with Gasteiger partial charge in [0.15, 0.2) is 0 Å². The second-order valence-electron chi connectivity index (χ2n) is 4.71. The maximum Gasteiger partial charge on any atom is 0.319 e. The Morgan fingerprint density at radius 3 is 2.00 bits per heavy atom. The lowest BCUT2D eigenvalue weighted by Gasteiger charge is -2.32. The van der Waals surface area contributed by atoms with E-state index in [1.54, 1.807) is 0 Å². The van der Waals surface area contributed by atoms with Gasteiger partial charge in [0.2, 0.25) is 0 Å². The summed E-state index contributed by atoms with van der Waals surface area (Å²) < 4.78 is 0. The van der Waals surface area contributed by atoms with Crippen LogP contribution in [0.15, 0.2) is 0 Å². The monoisotopic (exact) mass is 226 g/mol. The van der Waals surface area contributed by atoms with Crippen LogP contribution in [0.25, 0.3) is 0 Å². The second-order valence-corrected chi connectivity index (χ2v) is 4.71. The smallest absolute Gasteiger partial charge is 0.319 e. The highest BCUT2D eigenvalue weighted by Crippen LogP contribution is 2.21. The zero-order chi connectivity index (χ0) is 12.0. The largest absolute Gasteiger partial charge is 0.325 e. The van der Waals surface area contributed by atoms with Crippen LogP contribution in [0.3, 0.4) is 0 Å². The molecule has 1 rings (SSSR count). The van der Waals surface area contributed by atoms with Gasteiger partial charge >= 0.3 is 6.03 Å². The van der Waals surface area contributed by atoms with Crippen molar-refractivity contribution in [2.24, 2.45) is 0 Å². The molecule has 0 unspecified atom stereocenters. The predicted molar refractivity (Wildman–Crippen MR) is 67.6 cm³/mol. The third-order valence-corrected chi connectivity index (χ3v) is 3.71. The van der Waals surface area contributed by atoms with Gasteiger partial charge in [0.05, 0.1) is 0 Å². The van der Waals surface area contributed by atoms with Crippen molar-refractivity contribution in [3.05, 3.63) is 0 Å². The number of nitrogens with zero attached hydrogens (tertiary/aromatic N) is 2. The SMILES string of the molecule is CCN(CC)C(=O)N(C)C1CCCCCC1. The van der Waals surface area contributed by atoms with Crippen LogP contribution in [0.2, 0.25) is 0 Å². The molecule has 0 N–H and O–H groups in total. The van der Waals surface area contributed by atoms with Crippen molar-refractivity contribution in [1.82, 2.24) is 9.80 Å². The maximum absolute atomic E-state index is 12.2. The van der Waals surface area contributed by atoms with E-state index < -0.39 is 0 Å². The number of hydrogen-bond donors (Lipinski definition) is 0. The minimum atomic E-state index is 0.205. The van der Waals surface area contributed by atoms with Crippen LogP contribution >= 0.6 is 0 Å². The van der Waals surface area contributed by atoms with Crippen LogP contribution in [-0.2, 0) is 0 Å². The fourth-order valence-electron chi connectivity index (χ4n) is 2.52. The van der Waals surface area contributed by atoms with Gasteiger partial charge in [-0.3, -0.25) is 0 Å². The fourth-order valence-corrected chi connectivity index (χ4v) is 2.52. The van der Waals surface area contributed by atoms with E-state index in [9.17, 15) is 4.79 Å². The number of rotatable bonds is 3. The minimum Gasteiger partial charge on any atom is -0.325 e. The molecule has 0 aromatic heterocycles. The molecule has 94 valence electrons. The molecule has 0 aromatic carbocycles. The molecule has 3 nitrogen and oxygen atoms in total. The topological polar surface area (TPSA) is 23.6 Å². The van der Waals surface area contributed by atoms with Crippen LogP contribution in [0.1, 0.15) is 52.4 Å². The lowest BCUT2D eigenvalue weighted by atomic mass is 10.1. The van der Waals surface area contributed by atoms with Gasteiger partial charge in [-0.25, -0.2) is 4.79 Å². The van der Waals surface area contributed by atoms with Crippen LogP contribution in [0.4, 0.5) is 4.79 Å². The average molecular weight is 226 g/mol. The summed E-state index contributed by atoms with van der Waals surface area (Å²) in [6.07, 6.45) is 7.60. The van der Waals surface area contributed by atoms with Crippen LogP contribution in [-0.4, -0.2) is 42.0 Å². The van der Waals surface area contributed by atoms with Crippen molar-refractivity contribution in [2.75, 3.05) is 20.1 Å². The van der Waals surface area contributed by atoms with E-state index in [0.717, 1.165) is 13.1 Å². The zero-order valence-corrected chi connectivity index (χ0v) is 11.0. The first-order valence-electron chi connectivity index (χ1n) is 6.72. The highest BCUT2D eigenvalue weighted by atomic mass is 16.2. The van der Waals surface area contributed by atoms with Gasteiger partial charge in [-0.1, -0.05) is 25.7 Å². The van der Waals surface area contributed by atoms with E-state index in [1.807, 2.05) is 30.7 Å². The normalized spacial score (nSPS) is 17.9. The van der Waals surface area contributed by atoms with Crippen molar-refractivity contribution in [2.45, 2.75) is 58.4 Å². The second kappa shape index (κ2) is 6.77. The summed E-state index contributed by atoms with van der Waals surface area (Å²) in [5.74, 6) is 0. The molecule has 3 heteroatoms. The van der Waals surface area contributed by atoms with Gasteiger partial charge in [-0.05, 0) is 26.7 Å². The molecule has 0 radical (unpaired) electrons. The summed E-state index contributed by atoms with van der Waals surface area (Å²) in [6.45, 7) is 5.71. The number of amides is 2. The van der Waals surface area contributed by atoms with E-state index in [2.05, 4.69) is 0 Å².